The van der Waals surface area contributed by atoms with Gasteiger partial charge in [-0.3, -0.25) is 9.69 Å². The lowest BCUT2D eigenvalue weighted by molar-refractivity contribution is 0.0939. The van der Waals surface area contributed by atoms with Crippen LogP contribution in [-0.4, -0.2) is 31.4 Å². The Hall–Kier alpha value is -1.01. The van der Waals surface area contributed by atoms with Crippen LogP contribution in [0.3, 0.4) is 0 Å². The second kappa shape index (κ2) is 6.63. The first-order valence-corrected chi connectivity index (χ1v) is 7.49. The number of carbonyl (C=O) groups is 1. The summed E-state index contributed by atoms with van der Waals surface area (Å²) in [6.45, 7) is 0.420. The van der Waals surface area contributed by atoms with Gasteiger partial charge in [-0.1, -0.05) is 23.2 Å². The zero-order chi connectivity index (χ0) is 14.7. The van der Waals surface area contributed by atoms with Gasteiger partial charge in [-0.2, -0.15) is 0 Å². The Morgan fingerprint density at radius 2 is 2.25 bits per heavy atom. The molecular formula is C13H14Cl2N2O2S. The lowest BCUT2D eigenvalue weighted by atomic mass is 10.2. The van der Waals surface area contributed by atoms with Crippen molar-refractivity contribution in [1.82, 2.24) is 10.2 Å². The summed E-state index contributed by atoms with van der Waals surface area (Å²) in [5, 5.41) is 2.85. The molecule has 0 spiro atoms. The van der Waals surface area contributed by atoms with Crippen molar-refractivity contribution in [3.05, 3.63) is 44.5 Å². The second-order valence-electron chi connectivity index (χ2n) is 4.44. The summed E-state index contributed by atoms with van der Waals surface area (Å²) >= 11 is 13.0. The number of hydrogen-bond acceptors (Lipinski definition) is 4. The number of nitrogens with zero attached hydrogens (tertiary/aromatic N) is 1. The number of halogens is 2. The third-order valence-electron chi connectivity index (χ3n) is 2.85. The van der Waals surface area contributed by atoms with Crippen molar-refractivity contribution < 1.29 is 9.21 Å². The first kappa shape index (κ1) is 15.4. The van der Waals surface area contributed by atoms with Gasteiger partial charge in [0.25, 0.3) is 5.91 Å². The molecule has 4 nitrogen and oxygen atoms in total. The van der Waals surface area contributed by atoms with Gasteiger partial charge in [0.05, 0.1) is 22.2 Å². The zero-order valence-corrected chi connectivity index (χ0v) is 13.4. The van der Waals surface area contributed by atoms with Gasteiger partial charge >= 0.3 is 0 Å². The molecule has 0 bridgehead atoms. The van der Waals surface area contributed by atoms with E-state index < -0.39 is 0 Å². The number of thiophene rings is 1. The lowest BCUT2D eigenvalue weighted by Gasteiger charge is -2.22. The molecule has 2 rings (SSSR count). The van der Waals surface area contributed by atoms with E-state index in [2.05, 4.69) is 5.32 Å². The zero-order valence-electron chi connectivity index (χ0n) is 11.0. The maximum absolute atomic E-state index is 12.1. The quantitative estimate of drug-likeness (QED) is 0.908. The van der Waals surface area contributed by atoms with Crippen molar-refractivity contribution in [3.63, 3.8) is 0 Å². The van der Waals surface area contributed by atoms with Crippen LogP contribution in [-0.2, 0) is 0 Å². The van der Waals surface area contributed by atoms with Crippen molar-refractivity contribution in [2.45, 2.75) is 6.04 Å². The molecule has 0 fully saturated rings. The van der Waals surface area contributed by atoms with Crippen LogP contribution >= 0.6 is 34.5 Å². The van der Waals surface area contributed by atoms with Crippen LogP contribution in [0, 0.1) is 0 Å². The van der Waals surface area contributed by atoms with Crippen molar-refractivity contribution in [1.29, 1.82) is 0 Å². The molecule has 0 saturated heterocycles. The van der Waals surface area contributed by atoms with E-state index in [-0.39, 0.29) is 11.9 Å². The largest absolute Gasteiger partial charge is 0.468 e. The lowest BCUT2D eigenvalue weighted by Crippen LogP contribution is -2.34. The predicted octanol–water partition coefficient (Wildman–Crippen LogP) is 3.68. The van der Waals surface area contributed by atoms with E-state index in [9.17, 15) is 4.79 Å². The van der Waals surface area contributed by atoms with Gasteiger partial charge in [0.2, 0.25) is 0 Å². The number of amides is 1. The molecule has 2 aromatic rings. The van der Waals surface area contributed by atoms with Gasteiger partial charge in [-0.05, 0) is 32.3 Å². The van der Waals surface area contributed by atoms with Crippen LogP contribution in [0.4, 0.5) is 0 Å². The van der Waals surface area contributed by atoms with E-state index in [1.807, 2.05) is 31.1 Å². The minimum Gasteiger partial charge on any atom is -0.468 e. The standard InChI is InChI=1S/C13H14Cl2N2O2S/c1-17(2)9(10-4-3-5-19-10)7-16-13(18)8-6-11(14)20-12(8)15/h3-6,9H,7H2,1-2H3,(H,16,18). The van der Waals surface area contributed by atoms with E-state index in [4.69, 9.17) is 27.6 Å². The third-order valence-corrected chi connectivity index (χ3v) is 4.34. The molecule has 0 aliphatic rings. The summed E-state index contributed by atoms with van der Waals surface area (Å²) in [5.74, 6) is 0.557. The SMILES string of the molecule is CN(C)C(CNC(=O)c1cc(Cl)sc1Cl)c1ccco1. The minimum atomic E-state index is -0.239. The summed E-state index contributed by atoms with van der Waals surface area (Å²) < 4.78 is 6.28. The first-order chi connectivity index (χ1) is 9.49. The molecule has 0 aliphatic carbocycles. The van der Waals surface area contributed by atoms with Crippen LogP contribution in [0.25, 0.3) is 0 Å². The normalized spacial score (nSPS) is 12.7. The van der Waals surface area contributed by atoms with Crippen molar-refractivity contribution in [2.24, 2.45) is 0 Å². The maximum atomic E-state index is 12.1. The predicted molar refractivity (Wildman–Crippen MR) is 81.8 cm³/mol. The second-order valence-corrected chi connectivity index (χ2v) is 6.73. The van der Waals surface area contributed by atoms with Gasteiger partial charge in [-0.25, -0.2) is 0 Å². The molecule has 1 unspecified atom stereocenters. The molecule has 0 aromatic carbocycles. The van der Waals surface area contributed by atoms with E-state index in [0.717, 1.165) is 5.76 Å². The maximum Gasteiger partial charge on any atom is 0.253 e. The third kappa shape index (κ3) is 3.55. The number of nitrogens with one attached hydrogen (secondary N) is 1. The molecule has 7 heteroatoms. The van der Waals surface area contributed by atoms with Gasteiger partial charge in [0.15, 0.2) is 0 Å². The Bertz CT molecular complexity index is 581. The Kier molecular flexibility index (Phi) is 5.10. The highest BCUT2D eigenvalue weighted by Crippen LogP contribution is 2.31. The van der Waals surface area contributed by atoms with Gasteiger partial charge in [0.1, 0.15) is 10.1 Å². The number of rotatable bonds is 5. The average molecular weight is 333 g/mol. The van der Waals surface area contributed by atoms with Crippen LogP contribution in [0.15, 0.2) is 28.9 Å². The smallest absolute Gasteiger partial charge is 0.253 e. The van der Waals surface area contributed by atoms with Crippen LogP contribution in [0.1, 0.15) is 22.2 Å². The fraction of sp³-hybridized carbons (Fsp3) is 0.308. The molecule has 1 atom stereocenters. The summed E-state index contributed by atoms with van der Waals surface area (Å²) in [6.07, 6.45) is 1.61. The molecule has 0 aliphatic heterocycles. The summed E-state index contributed by atoms with van der Waals surface area (Å²) in [7, 11) is 3.85. The molecule has 108 valence electrons. The molecule has 2 heterocycles. The monoisotopic (exact) mass is 332 g/mol. The number of furan rings is 1. The number of hydrogen-bond donors (Lipinski definition) is 1. The van der Waals surface area contributed by atoms with Gasteiger partial charge in [0, 0.05) is 6.54 Å². The molecule has 1 amide bonds. The Labute approximate surface area is 131 Å². The highest BCUT2D eigenvalue weighted by Gasteiger charge is 2.20. The summed E-state index contributed by atoms with van der Waals surface area (Å²) in [5.41, 5.74) is 0.401. The van der Waals surface area contributed by atoms with Crippen molar-refractivity contribution >= 4 is 40.4 Å². The minimum absolute atomic E-state index is 0.0400. The van der Waals surface area contributed by atoms with Gasteiger partial charge < -0.3 is 9.73 Å². The number of carbonyl (C=O) groups excluding carboxylic acids is 1. The molecular weight excluding hydrogens is 319 g/mol. The van der Waals surface area contributed by atoms with Crippen LogP contribution in [0.2, 0.25) is 8.67 Å². The van der Waals surface area contributed by atoms with Crippen LogP contribution < -0.4 is 5.32 Å². The van der Waals surface area contributed by atoms with Crippen molar-refractivity contribution in [2.75, 3.05) is 20.6 Å². The summed E-state index contributed by atoms with van der Waals surface area (Å²) in [4.78, 5) is 14.1. The Balaban J connectivity index is 2.03. The molecule has 2 aromatic heterocycles. The average Bonchev–Trinajstić information content (AvgIpc) is 2.99. The van der Waals surface area contributed by atoms with E-state index in [0.29, 0.717) is 20.8 Å². The fourth-order valence-corrected chi connectivity index (χ4v) is 3.26. The highest BCUT2D eigenvalue weighted by atomic mass is 35.5. The van der Waals surface area contributed by atoms with Gasteiger partial charge in [-0.15, -0.1) is 11.3 Å². The van der Waals surface area contributed by atoms with Crippen molar-refractivity contribution in [3.8, 4) is 0 Å². The van der Waals surface area contributed by atoms with Crippen LogP contribution in [0.5, 0.6) is 0 Å². The molecule has 0 radical (unpaired) electrons. The number of likely N-dealkylation sites (N-methyl/N-ethyl adjacent to an activating group) is 1. The first-order valence-electron chi connectivity index (χ1n) is 5.92. The summed E-state index contributed by atoms with van der Waals surface area (Å²) in [6, 6.07) is 5.23. The molecule has 0 saturated carbocycles. The molecule has 20 heavy (non-hydrogen) atoms. The highest BCUT2D eigenvalue weighted by molar-refractivity contribution is 7.20. The Morgan fingerprint density at radius 1 is 1.50 bits per heavy atom. The van der Waals surface area contributed by atoms with E-state index in [1.165, 1.54) is 11.3 Å². The fourth-order valence-electron chi connectivity index (χ4n) is 1.80. The van der Waals surface area contributed by atoms with E-state index in [1.54, 1.807) is 12.3 Å². The molecule has 1 N–H and O–H groups in total. The Morgan fingerprint density at radius 3 is 2.75 bits per heavy atom. The van der Waals surface area contributed by atoms with E-state index >= 15 is 0 Å². The topological polar surface area (TPSA) is 45.5 Å².